The summed E-state index contributed by atoms with van der Waals surface area (Å²) < 4.78 is 1.54. The minimum Gasteiger partial charge on any atom is -0.320 e. The zero-order valence-electron chi connectivity index (χ0n) is 15.6. The third-order valence-electron chi connectivity index (χ3n) is 4.55. The van der Waals surface area contributed by atoms with E-state index in [9.17, 15) is 4.79 Å². The predicted molar refractivity (Wildman–Crippen MR) is 110 cm³/mol. The van der Waals surface area contributed by atoms with Gasteiger partial charge in [-0.2, -0.15) is 10.2 Å². The molecule has 4 rings (SSSR count). The highest BCUT2D eigenvalue weighted by atomic mass is 16.2. The van der Waals surface area contributed by atoms with E-state index in [1.165, 1.54) is 4.68 Å². The second kappa shape index (κ2) is 7.44. The van der Waals surface area contributed by atoms with Crippen LogP contribution in [0.15, 0.2) is 83.2 Å². The molecule has 28 heavy (non-hydrogen) atoms. The van der Waals surface area contributed by atoms with Crippen LogP contribution < -0.4 is 5.32 Å². The molecule has 0 spiro atoms. The number of benzene rings is 3. The molecule has 6 nitrogen and oxygen atoms in total. The summed E-state index contributed by atoms with van der Waals surface area (Å²) in [5, 5.41) is 17.9. The summed E-state index contributed by atoms with van der Waals surface area (Å²) in [6.45, 7) is 1.93. The number of aryl methyl sites for hydroxylation is 2. The Morgan fingerprint density at radius 3 is 2.61 bits per heavy atom. The quantitative estimate of drug-likeness (QED) is 0.479. The number of azo groups is 1. The van der Waals surface area contributed by atoms with Crippen LogP contribution >= 0.6 is 0 Å². The molecule has 1 heterocycles. The molecule has 0 unspecified atom stereocenters. The Hall–Kier alpha value is -3.80. The number of fused-ring (bicyclic) bond motifs is 1. The fraction of sp³-hybridized carbons (Fsp3) is 0.0909. The van der Waals surface area contributed by atoms with Crippen molar-refractivity contribution in [3.63, 3.8) is 0 Å². The zero-order valence-corrected chi connectivity index (χ0v) is 15.6. The Balaban J connectivity index is 1.55. The van der Waals surface area contributed by atoms with Crippen LogP contribution in [-0.4, -0.2) is 15.7 Å². The molecule has 0 aliphatic rings. The maximum Gasteiger partial charge on any atom is 0.273 e. The fourth-order valence-electron chi connectivity index (χ4n) is 3.04. The highest BCUT2D eigenvalue weighted by molar-refractivity contribution is 6.03. The van der Waals surface area contributed by atoms with E-state index in [0.29, 0.717) is 5.69 Å². The Labute approximate surface area is 162 Å². The fourth-order valence-corrected chi connectivity index (χ4v) is 3.04. The van der Waals surface area contributed by atoms with E-state index in [2.05, 4.69) is 32.8 Å². The number of anilines is 1. The number of aromatic nitrogens is 2. The predicted octanol–water partition coefficient (Wildman–Crippen LogP) is 5.55. The second-order valence-corrected chi connectivity index (χ2v) is 6.49. The van der Waals surface area contributed by atoms with Crippen molar-refractivity contribution in [2.45, 2.75) is 6.92 Å². The molecule has 1 aromatic heterocycles. The lowest BCUT2D eigenvalue weighted by Gasteiger charge is -2.09. The number of amides is 1. The van der Waals surface area contributed by atoms with Crippen molar-refractivity contribution in [2.75, 3.05) is 5.32 Å². The molecule has 0 aliphatic heterocycles. The van der Waals surface area contributed by atoms with E-state index in [1.807, 2.05) is 55.5 Å². The molecule has 138 valence electrons. The lowest BCUT2D eigenvalue weighted by atomic mass is 10.1. The second-order valence-electron chi connectivity index (χ2n) is 6.49. The third kappa shape index (κ3) is 3.53. The molecule has 0 bridgehead atoms. The van der Waals surface area contributed by atoms with E-state index >= 15 is 0 Å². The van der Waals surface area contributed by atoms with Crippen LogP contribution in [0.2, 0.25) is 0 Å². The molecule has 0 atom stereocenters. The third-order valence-corrected chi connectivity index (χ3v) is 4.55. The van der Waals surface area contributed by atoms with Crippen LogP contribution in [0.3, 0.4) is 0 Å². The molecule has 0 radical (unpaired) electrons. The van der Waals surface area contributed by atoms with Crippen molar-refractivity contribution in [1.82, 2.24) is 9.78 Å². The van der Waals surface area contributed by atoms with E-state index in [0.717, 1.165) is 33.4 Å². The largest absolute Gasteiger partial charge is 0.320 e. The molecule has 0 saturated carbocycles. The molecule has 6 heteroatoms. The first-order valence-corrected chi connectivity index (χ1v) is 8.91. The van der Waals surface area contributed by atoms with Crippen LogP contribution in [0.1, 0.15) is 16.1 Å². The lowest BCUT2D eigenvalue weighted by Crippen LogP contribution is -2.16. The average molecular weight is 369 g/mol. The first-order valence-electron chi connectivity index (χ1n) is 8.91. The lowest BCUT2D eigenvalue weighted by molar-refractivity contribution is 0.101. The van der Waals surface area contributed by atoms with Crippen molar-refractivity contribution in [2.24, 2.45) is 17.3 Å². The number of hydrogen-bond acceptors (Lipinski definition) is 4. The van der Waals surface area contributed by atoms with E-state index < -0.39 is 0 Å². The Bertz CT molecular complexity index is 1190. The molecular weight excluding hydrogens is 350 g/mol. The van der Waals surface area contributed by atoms with Gasteiger partial charge in [-0.1, -0.05) is 36.4 Å². The van der Waals surface area contributed by atoms with Gasteiger partial charge in [-0.3, -0.25) is 9.48 Å². The zero-order chi connectivity index (χ0) is 19.5. The summed E-state index contributed by atoms with van der Waals surface area (Å²) in [6, 6.07) is 21.3. The van der Waals surface area contributed by atoms with Gasteiger partial charge in [0.05, 0.1) is 11.4 Å². The normalized spacial score (nSPS) is 11.2. The maximum absolute atomic E-state index is 12.4. The smallest absolute Gasteiger partial charge is 0.273 e. The summed E-state index contributed by atoms with van der Waals surface area (Å²) in [5.74, 6) is -0.201. The SMILES string of the molecule is Cc1cc(/N=N/c2cccc3ccccc23)ccc1NC(=O)c1ccnn1C. The van der Waals surface area contributed by atoms with Gasteiger partial charge in [0, 0.05) is 24.3 Å². The minimum absolute atomic E-state index is 0.201. The molecule has 3 aromatic carbocycles. The summed E-state index contributed by atoms with van der Waals surface area (Å²) in [6.07, 6.45) is 1.60. The number of carbonyl (C=O) groups is 1. The van der Waals surface area contributed by atoms with Crippen LogP contribution in [0.25, 0.3) is 10.8 Å². The van der Waals surface area contributed by atoms with Crippen molar-refractivity contribution >= 4 is 33.7 Å². The number of nitrogens with one attached hydrogen (secondary N) is 1. The van der Waals surface area contributed by atoms with E-state index in [4.69, 9.17) is 0 Å². The van der Waals surface area contributed by atoms with Crippen molar-refractivity contribution in [1.29, 1.82) is 0 Å². The molecule has 0 fully saturated rings. The number of rotatable bonds is 4. The molecular formula is C22H19N5O. The van der Waals surface area contributed by atoms with Gasteiger partial charge >= 0.3 is 0 Å². The van der Waals surface area contributed by atoms with E-state index in [-0.39, 0.29) is 5.91 Å². The Morgan fingerprint density at radius 1 is 1.00 bits per heavy atom. The molecule has 0 aliphatic carbocycles. The maximum atomic E-state index is 12.4. The van der Waals surface area contributed by atoms with Gasteiger partial charge in [-0.15, -0.1) is 5.11 Å². The average Bonchev–Trinajstić information content (AvgIpc) is 3.14. The van der Waals surface area contributed by atoms with Crippen LogP contribution in [0, 0.1) is 6.92 Å². The molecule has 1 N–H and O–H groups in total. The molecule has 4 aromatic rings. The van der Waals surface area contributed by atoms with Gasteiger partial charge in [-0.05, 0) is 48.2 Å². The summed E-state index contributed by atoms with van der Waals surface area (Å²) >= 11 is 0. The Morgan fingerprint density at radius 2 is 1.82 bits per heavy atom. The van der Waals surface area contributed by atoms with Crippen molar-refractivity contribution in [3.8, 4) is 0 Å². The number of carbonyl (C=O) groups excluding carboxylic acids is 1. The minimum atomic E-state index is -0.201. The Kier molecular flexibility index (Phi) is 4.68. The first kappa shape index (κ1) is 17.6. The van der Waals surface area contributed by atoms with Crippen LogP contribution in [0.4, 0.5) is 17.1 Å². The van der Waals surface area contributed by atoms with Gasteiger partial charge in [0.15, 0.2) is 0 Å². The van der Waals surface area contributed by atoms with Crippen molar-refractivity contribution in [3.05, 3.63) is 84.2 Å². The van der Waals surface area contributed by atoms with Gasteiger partial charge in [-0.25, -0.2) is 0 Å². The van der Waals surface area contributed by atoms with Crippen molar-refractivity contribution < 1.29 is 4.79 Å². The number of nitrogens with zero attached hydrogens (tertiary/aromatic N) is 4. The van der Waals surface area contributed by atoms with Crippen LogP contribution in [0.5, 0.6) is 0 Å². The van der Waals surface area contributed by atoms with Gasteiger partial charge in [0.25, 0.3) is 5.91 Å². The standard InChI is InChI=1S/C22H19N5O/c1-15-14-17(10-11-19(15)24-22(28)21-12-13-23-27(21)2)25-26-20-9-5-7-16-6-3-4-8-18(16)20/h3-14H,1-2H3,(H,24,28)/b26-25+. The monoisotopic (exact) mass is 369 g/mol. The number of hydrogen-bond donors (Lipinski definition) is 1. The topological polar surface area (TPSA) is 71.6 Å². The molecule has 0 saturated heterocycles. The summed E-state index contributed by atoms with van der Waals surface area (Å²) in [4.78, 5) is 12.4. The molecule has 1 amide bonds. The van der Waals surface area contributed by atoms with Gasteiger partial charge < -0.3 is 5.32 Å². The van der Waals surface area contributed by atoms with Gasteiger partial charge in [0.2, 0.25) is 0 Å². The summed E-state index contributed by atoms with van der Waals surface area (Å²) in [7, 11) is 1.73. The van der Waals surface area contributed by atoms with Gasteiger partial charge in [0.1, 0.15) is 5.69 Å². The van der Waals surface area contributed by atoms with E-state index in [1.54, 1.807) is 19.3 Å². The highest BCUT2D eigenvalue weighted by Crippen LogP contribution is 2.28. The highest BCUT2D eigenvalue weighted by Gasteiger charge is 2.11. The first-order chi connectivity index (χ1) is 13.6. The summed E-state index contributed by atoms with van der Waals surface area (Å²) in [5.41, 5.74) is 3.69. The van der Waals surface area contributed by atoms with Crippen LogP contribution in [-0.2, 0) is 7.05 Å².